The van der Waals surface area contributed by atoms with E-state index in [0.29, 0.717) is 22.4 Å². The molecule has 0 bridgehead atoms. The Morgan fingerprint density at radius 2 is 2.20 bits per heavy atom. The lowest BCUT2D eigenvalue weighted by Gasteiger charge is -2.01. The molecule has 0 amide bonds. The molecule has 0 radical (unpaired) electrons. The monoisotopic (exact) mass is 333 g/mol. The van der Waals surface area contributed by atoms with Crippen LogP contribution >= 0.6 is 15.9 Å². The summed E-state index contributed by atoms with van der Waals surface area (Å²) in [7, 11) is 0. The zero-order valence-electron chi connectivity index (χ0n) is 11.0. The van der Waals surface area contributed by atoms with Gasteiger partial charge in [-0.25, -0.2) is 0 Å². The molecule has 0 atom stereocenters. The van der Waals surface area contributed by atoms with Crippen LogP contribution in [-0.4, -0.2) is 15.6 Å². The summed E-state index contributed by atoms with van der Waals surface area (Å²) in [6, 6.07) is 7.65. The molecule has 3 rings (SSSR count). The van der Waals surface area contributed by atoms with E-state index in [-0.39, 0.29) is 11.7 Å². The van der Waals surface area contributed by atoms with E-state index in [1.165, 1.54) is 6.92 Å². The van der Waals surface area contributed by atoms with Crippen LogP contribution in [0.1, 0.15) is 23.0 Å². The summed E-state index contributed by atoms with van der Waals surface area (Å²) in [6.07, 6.45) is 0. The fraction of sp³-hybridized carbons (Fsp3) is 0.143. The highest BCUT2D eigenvalue weighted by Gasteiger charge is 2.23. The molecular formula is C14H12BrN3O2. The Morgan fingerprint density at radius 1 is 1.45 bits per heavy atom. The molecule has 0 saturated carbocycles. The number of Topliss-reactive ketones (excluding diaryl/α,β-unsaturated/α-hetero) is 1. The van der Waals surface area contributed by atoms with Gasteiger partial charge in [0, 0.05) is 4.47 Å². The van der Waals surface area contributed by atoms with E-state index in [1.807, 2.05) is 31.2 Å². The third kappa shape index (κ3) is 1.84. The van der Waals surface area contributed by atoms with E-state index < -0.39 is 0 Å². The molecule has 2 heterocycles. The molecular weight excluding hydrogens is 322 g/mol. The number of aromatic nitrogens is 2. The molecule has 0 fully saturated rings. The molecule has 6 heteroatoms. The van der Waals surface area contributed by atoms with Gasteiger partial charge in [-0.1, -0.05) is 22.0 Å². The molecule has 2 N–H and O–H groups in total. The predicted octanol–water partition coefficient (Wildman–Crippen LogP) is 3.47. The van der Waals surface area contributed by atoms with Crippen molar-refractivity contribution < 1.29 is 9.21 Å². The Balaban J connectivity index is 2.34. The second kappa shape index (κ2) is 4.49. The first kappa shape index (κ1) is 12.9. The van der Waals surface area contributed by atoms with Crippen molar-refractivity contribution in [2.24, 2.45) is 0 Å². The maximum absolute atomic E-state index is 11.7. The van der Waals surface area contributed by atoms with Crippen molar-refractivity contribution in [2.75, 3.05) is 5.73 Å². The SMILES string of the molecule is CC(=O)c1c(N)oc2c1c(C)nn2-c1cccc(Br)c1. The number of nitrogen functional groups attached to an aromatic ring is 1. The maximum atomic E-state index is 11.7. The molecule has 0 unspecified atom stereocenters. The number of fused-ring (bicyclic) bond motifs is 1. The van der Waals surface area contributed by atoms with Crippen LogP contribution in [0.2, 0.25) is 0 Å². The van der Waals surface area contributed by atoms with Gasteiger partial charge in [0.25, 0.3) is 0 Å². The van der Waals surface area contributed by atoms with Crippen LogP contribution in [0.3, 0.4) is 0 Å². The summed E-state index contributed by atoms with van der Waals surface area (Å²) in [5.41, 5.74) is 8.25. The molecule has 20 heavy (non-hydrogen) atoms. The number of aryl methyl sites for hydroxylation is 1. The Kier molecular flexibility index (Phi) is 2.90. The van der Waals surface area contributed by atoms with Crippen LogP contribution in [0.4, 0.5) is 5.88 Å². The number of carbonyl (C=O) groups is 1. The van der Waals surface area contributed by atoms with Gasteiger partial charge in [0.15, 0.2) is 5.78 Å². The Hall–Kier alpha value is -2.08. The lowest BCUT2D eigenvalue weighted by atomic mass is 10.1. The number of carbonyl (C=O) groups excluding carboxylic acids is 1. The van der Waals surface area contributed by atoms with Crippen LogP contribution in [0, 0.1) is 6.92 Å². The molecule has 0 aliphatic carbocycles. The van der Waals surface area contributed by atoms with Crippen LogP contribution in [0.15, 0.2) is 33.2 Å². The highest BCUT2D eigenvalue weighted by Crippen LogP contribution is 2.32. The van der Waals surface area contributed by atoms with Crippen LogP contribution < -0.4 is 5.73 Å². The number of nitrogens with zero attached hydrogens (tertiary/aromatic N) is 2. The molecule has 0 spiro atoms. The first-order valence-electron chi connectivity index (χ1n) is 6.03. The van der Waals surface area contributed by atoms with Gasteiger partial charge in [0.1, 0.15) is 0 Å². The third-order valence-corrected chi connectivity index (χ3v) is 3.62. The average molecular weight is 334 g/mol. The van der Waals surface area contributed by atoms with Crippen molar-refractivity contribution in [3.05, 3.63) is 40.0 Å². The van der Waals surface area contributed by atoms with Gasteiger partial charge in [0.05, 0.1) is 22.3 Å². The van der Waals surface area contributed by atoms with E-state index in [9.17, 15) is 4.79 Å². The lowest BCUT2D eigenvalue weighted by molar-refractivity contribution is 0.101. The van der Waals surface area contributed by atoms with Gasteiger partial charge < -0.3 is 10.2 Å². The molecule has 3 aromatic rings. The number of rotatable bonds is 2. The fourth-order valence-electron chi connectivity index (χ4n) is 2.30. The second-order valence-corrected chi connectivity index (χ2v) is 5.47. The summed E-state index contributed by atoms with van der Waals surface area (Å²) in [4.78, 5) is 11.7. The number of furan rings is 1. The predicted molar refractivity (Wildman–Crippen MR) is 80.2 cm³/mol. The number of hydrogen-bond acceptors (Lipinski definition) is 4. The van der Waals surface area contributed by atoms with Crippen molar-refractivity contribution in [3.8, 4) is 5.69 Å². The van der Waals surface area contributed by atoms with Crippen molar-refractivity contribution in [3.63, 3.8) is 0 Å². The van der Waals surface area contributed by atoms with E-state index in [2.05, 4.69) is 21.0 Å². The largest absolute Gasteiger partial charge is 0.422 e. The highest BCUT2D eigenvalue weighted by atomic mass is 79.9. The first-order chi connectivity index (χ1) is 9.49. The molecule has 0 aliphatic rings. The fourth-order valence-corrected chi connectivity index (χ4v) is 2.69. The summed E-state index contributed by atoms with van der Waals surface area (Å²) < 4.78 is 8.13. The zero-order valence-corrected chi connectivity index (χ0v) is 12.6. The van der Waals surface area contributed by atoms with E-state index in [0.717, 1.165) is 10.2 Å². The highest BCUT2D eigenvalue weighted by molar-refractivity contribution is 9.10. The normalized spacial score (nSPS) is 11.2. The van der Waals surface area contributed by atoms with Gasteiger partial charge in [-0.3, -0.25) is 4.79 Å². The number of benzene rings is 1. The summed E-state index contributed by atoms with van der Waals surface area (Å²) in [5, 5.41) is 5.12. The number of hydrogen-bond donors (Lipinski definition) is 1. The smallest absolute Gasteiger partial charge is 0.233 e. The Bertz CT molecular complexity index is 832. The van der Waals surface area contributed by atoms with E-state index >= 15 is 0 Å². The molecule has 0 aliphatic heterocycles. The summed E-state index contributed by atoms with van der Waals surface area (Å²) in [5.74, 6) is 0.00916. The molecule has 2 aromatic heterocycles. The van der Waals surface area contributed by atoms with E-state index in [4.69, 9.17) is 10.2 Å². The number of ketones is 1. The standard InChI is InChI=1S/C14H12BrN3O2/c1-7-11-12(8(2)19)13(16)20-14(11)18(17-7)10-5-3-4-9(15)6-10/h3-6H,16H2,1-2H3. The average Bonchev–Trinajstić information content (AvgIpc) is 2.86. The minimum absolute atomic E-state index is 0.127. The molecule has 102 valence electrons. The second-order valence-electron chi connectivity index (χ2n) is 4.55. The molecule has 1 aromatic carbocycles. The molecule has 5 nitrogen and oxygen atoms in total. The Labute approximate surface area is 123 Å². The van der Waals surface area contributed by atoms with Crippen molar-refractivity contribution in [1.82, 2.24) is 9.78 Å². The summed E-state index contributed by atoms with van der Waals surface area (Å²) in [6.45, 7) is 3.30. The van der Waals surface area contributed by atoms with Crippen LogP contribution in [0.5, 0.6) is 0 Å². The minimum Gasteiger partial charge on any atom is -0.422 e. The maximum Gasteiger partial charge on any atom is 0.233 e. The van der Waals surface area contributed by atoms with E-state index in [1.54, 1.807) is 4.68 Å². The number of halogens is 1. The zero-order chi connectivity index (χ0) is 14.4. The van der Waals surface area contributed by atoms with Crippen molar-refractivity contribution in [1.29, 1.82) is 0 Å². The van der Waals surface area contributed by atoms with Gasteiger partial charge in [-0.05, 0) is 32.0 Å². The summed E-state index contributed by atoms with van der Waals surface area (Å²) >= 11 is 3.42. The quantitative estimate of drug-likeness (QED) is 0.728. The van der Waals surface area contributed by atoms with Gasteiger partial charge in [-0.15, -0.1) is 0 Å². The topological polar surface area (TPSA) is 74.1 Å². The first-order valence-corrected chi connectivity index (χ1v) is 6.83. The number of anilines is 1. The van der Waals surface area contributed by atoms with Gasteiger partial charge >= 0.3 is 0 Å². The molecule has 0 saturated heterocycles. The van der Waals surface area contributed by atoms with Crippen molar-refractivity contribution >= 4 is 38.7 Å². The van der Waals surface area contributed by atoms with Crippen LogP contribution in [0.25, 0.3) is 16.8 Å². The third-order valence-electron chi connectivity index (χ3n) is 3.13. The lowest BCUT2D eigenvalue weighted by Crippen LogP contribution is -1.97. The van der Waals surface area contributed by atoms with Crippen molar-refractivity contribution in [2.45, 2.75) is 13.8 Å². The van der Waals surface area contributed by atoms with Gasteiger partial charge in [-0.2, -0.15) is 9.78 Å². The Morgan fingerprint density at radius 3 is 2.85 bits per heavy atom. The van der Waals surface area contributed by atoms with Crippen LogP contribution in [-0.2, 0) is 0 Å². The number of nitrogens with two attached hydrogens (primary N) is 1. The van der Waals surface area contributed by atoms with Gasteiger partial charge in [0.2, 0.25) is 11.6 Å². The minimum atomic E-state index is -0.127.